The Balaban J connectivity index is 2.11. The van der Waals surface area contributed by atoms with E-state index in [1.165, 1.54) is 22.3 Å². The molecule has 0 aromatic heterocycles. The average Bonchev–Trinajstić information content (AvgIpc) is 2.73. The van der Waals surface area contributed by atoms with E-state index in [-0.39, 0.29) is 5.41 Å². The second kappa shape index (κ2) is 7.84. The van der Waals surface area contributed by atoms with E-state index in [9.17, 15) is 0 Å². The average molecular weight is 478 g/mol. The third kappa shape index (κ3) is 3.40. The van der Waals surface area contributed by atoms with Crippen LogP contribution < -0.4 is 0 Å². The van der Waals surface area contributed by atoms with Gasteiger partial charge in [0.25, 0.3) is 0 Å². The summed E-state index contributed by atoms with van der Waals surface area (Å²) in [5.41, 5.74) is 4.60. The number of benzene rings is 4. The van der Waals surface area contributed by atoms with E-state index < -0.39 is 0 Å². The molecule has 0 radical (unpaired) electrons. The number of halogens is 2. The molecule has 0 spiro atoms. The third-order valence-corrected chi connectivity index (χ3v) is 6.03. The fourth-order valence-electron chi connectivity index (χ4n) is 3.78. The topological polar surface area (TPSA) is 0 Å². The van der Waals surface area contributed by atoms with E-state index in [1.807, 2.05) is 0 Å². The molecule has 0 bridgehead atoms. The van der Waals surface area contributed by atoms with Crippen molar-refractivity contribution in [2.45, 2.75) is 5.41 Å². The van der Waals surface area contributed by atoms with Gasteiger partial charge in [-0.25, -0.2) is 0 Å². The Morgan fingerprint density at radius 3 is 1.00 bits per heavy atom. The quantitative estimate of drug-likeness (QED) is 0.265. The first-order valence-electron chi connectivity index (χ1n) is 8.84. The number of hydrogen-bond acceptors (Lipinski definition) is 0. The van der Waals surface area contributed by atoms with Crippen molar-refractivity contribution in [1.29, 1.82) is 0 Å². The van der Waals surface area contributed by atoms with Gasteiger partial charge in [0.1, 0.15) is 0 Å². The van der Waals surface area contributed by atoms with Gasteiger partial charge < -0.3 is 0 Å². The molecule has 0 N–H and O–H groups in total. The fourth-order valence-corrected chi connectivity index (χ4v) is 4.30. The zero-order chi connectivity index (χ0) is 18.7. The molecule has 0 saturated carbocycles. The zero-order valence-electron chi connectivity index (χ0n) is 14.6. The second-order valence-corrected chi connectivity index (χ2v) is 8.33. The van der Waals surface area contributed by atoms with Crippen LogP contribution in [0.2, 0.25) is 0 Å². The molecule has 0 amide bonds. The van der Waals surface area contributed by atoms with Gasteiger partial charge in [-0.3, -0.25) is 0 Å². The summed E-state index contributed by atoms with van der Waals surface area (Å²) < 4.78 is 2.16. The van der Waals surface area contributed by atoms with Gasteiger partial charge in [0, 0.05) is 8.95 Å². The van der Waals surface area contributed by atoms with Gasteiger partial charge in [-0.1, -0.05) is 117 Å². The number of hydrogen-bond donors (Lipinski definition) is 0. The van der Waals surface area contributed by atoms with E-state index in [1.54, 1.807) is 0 Å². The maximum Gasteiger partial charge on any atom is 0.0701 e. The summed E-state index contributed by atoms with van der Waals surface area (Å²) in [7, 11) is 0. The summed E-state index contributed by atoms with van der Waals surface area (Å²) in [6.07, 6.45) is 0. The van der Waals surface area contributed by atoms with Gasteiger partial charge in [-0.2, -0.15) is 0 Å². The first-order valence-corrected chi connectivity index (χ1v) is 10.4. The van der Waals surface area contributed by atoms with Crippen LogP contribution in [0, 0.1) is 0 Å². The van der Waals surface area contributed by atoms with Crippen molar-refractivity contribution in [2.24, 2.45) is 0 Å². The summed E-state index contributed by atoms with van der Waals surface area (Å²) >= 11 is 7.17. The monoisotopic (exact) mass is 476 g/mol. The van der Waals surface area contributed by atoms with Gasteiger partial charge in [0.2, 0.25) is 0 Å². The lowest BCUT2D eigenvalue weighted by molar-refractivity contribution is 0.744. The smallest absolute Gasteiger partial charge is 0.0622 e. The highest BCUT2D eigenvalue weighted by molar-refractivity contribution is 9.10. The molecule has 2 heteroatoms. The second-order valence-electron chi connectivity index (χ2n) is 6.50. The summed E-state index contributed by atoms with van der Waals surface area (Å²) in [6.45, 7) is 0. The Hall–Kier alpha value is -2.16. The molecule has 0 heterocycles. The maximum atomic E-state index is 3.58. The predicted octanol–water partition coefficient (Wildman–Crippen LogP) is 7.59. The molecule has 4 aromatic rings. The zero-order valence-corrected chi connectivity index (χ0v) is 17.8. The lowest BCUT2D eigenvalue weighted by Gasteiger charge is -2.37. The normalized spacial score (nSPS) is 11.3. The maximum absolute atomic E-state index is 3.58. The SMILES string of the molecule is Brc1ccc(C(c2ccccc2)(c2ccccc2)c2ccc(Br)cc2)cc1. The van der Waals surface area contributed by atoms with E-state index in [0.717, 1.165) is 8.95 Å². The Morgan fingerprint density at radius 1 is 0.370 bits per heavy atom. The molecule has 0 fully saturated rings. The van der Waals surface area contributed by atoms with Crippen molar-refractivity contribution >= 4 is 31.9 Å². The molecule has 0 aliphatic carbocycles. The largest absolute Gasteiger partial charge is 0.0701 e. The molecule has 27 heavy (non-hydrogen) atoms. The van der Waals surface area contributed by atoms with Gasteiger partial charge in [0.15, 0.2) is 0 Å². The van der Waals surface area contributed by atoms with E-state index in [4.69, 9.17) is 0 Å². The minimum atomic E-state index is -0.385. The lowest BCUT2D eigenvalue weighted by Crippen LogP contribution is -2.30. The molecular weight excluding hydrogens is 460 g/mol. The van der Waals surface area contributed by atoms with Crippen molar-refractivity contribution in [1.82, 2.24) is 0 Å². The predicted molar refractivity (Wildman–Crippen MR) is 120 cm³/mol. The van der Waals surface area contributed by atoms with Gasteiger partial charge in [-0.15, -0.1) is 0 Å². The molecule has 4 rings (SSSR count). The van der Waals surface area contributed by atoms with Crippen molar-refractivity contribution in [3.8, 4) is 0 Å². The van der Waals surface area contributed by atoms with Crippen LogP contribution in [0.25, 0.3) is 0 Å². The highest BCUT2D eigenvalue weighted by Crippen LogP contribution is 2.45. The van der Waals surface area contributed by atoms with Crippen LogP contribution in [0.3, 0.4) is 0 Å². The minimum absolute atomic E-state index is 0.385. The van der Waals surface area contributed by atoms with E-state index in [0.29, 0.717) is 0 Å². The van der Waals surface area contributed by atoms with Crippen molar-refractivity contribution < 1.29 is 0 Å². The Labute approximate surface area is 177 Å². The Kier molecular flexibility index (Phi) is 5.29. The first kappa shape index (κ1) is 18.2. The molecule has 0 saturated heterocycles. The van der Waals surface area contributed by atoms with Gasteiger partial charge in [-0.05, 0) is 46.5 Å². The molecule has 4 aromatic carbocycles. The van der Waals surface area contributed by atoms with Crippen LogP contribution in [0.1, 0.15) is 22.3 Å². The summed E-state index contributed by atoms with van der Waals surface area (Å²) in [5, 5.41) is 0. The minimum Gasteiger partial charge on any atom is -0.0622 e. The van der Waals surface area contributed by atoms with Crippen LogP contribution in [-0.4, -0.2) is 0 Å². The first-order chi connectivity index (χ1) is 13.2. The van der Waals surface area contributed by atoms with Crippen LogP contribution >= 0.6 is 31.9 Å². The van der Waals surface area contributed by atoms with E-state index in [2.05, 4.69) is 141 Å². The summed E-state index contributed by atoms with van der Waals surface area (Å²) in [4.78, 5) is 0. The van der Waals surface area contributed by atoms with Crippen LogP contribution in [-0.2, 0) is 5.41 Å². The van der Waals surface area contributed by atoms with Gasteiger partial charge >= 0.3 is 0 Å². The molecule has 0 nitrogen and oxygen atoms in total. The highest BCUT2D eigenvalue weighted by Gasteiger charge is 2.38. The standard InChI is InChI=1S/C25H18Br2/c26-23-15-11-21(12-16-23)25(19-7-3-1-4-8-19,20-9-5-2-6-10-20)22-13-17-24(27)18-14-22/h1-18H. The lowest BCUT2D eigenvalue weighted by atomic mass is 9.65. The molecular formula is C25H18Br2. The van der Waals surface area contributed by atoms with E-state index >= 15 is 0 Å². The summed E-state index contributed by atoms with van der Waals surface area (Å²) in [6, 6.07) is 38.8. The molecule has 0 aliphatic heterocycles. The van der Waals surface area contributed by atoms with Crippen LogP contribution in [0.4, 0.5) is 0 Å². The van der Waals surface area contributed by atoms with Gasteiger partial charge in [0.05, 0.1) is 5.41 Å². The van der Waals surface area contributed by atoms with Crippen LogP contribution in [0.5, 0.6) is 0 Å². The molecule has 0 aliphatic rings. The summed E-state index contributed by atoms with van der Waals surface area (Å²) in [5.74, 6) is 0. The number of rotatable bonds is 4. The molecule has 132 valence electrons. The fraction of sp³-hybridized carbons (Fsp3) is 0.0400. The van der Waals surface area contributed by atoms with Crippen molar-refractivity contribution in [3.63, 3.8) is 0 Å². The van der Waals surface area contributed by atoms with Crippen LogP contribution in [0.15, 0.2) is 118 Å². The molecule has 0 atom stereocenters. The molecule has 0 unspecified atom stereocenters. The Bertz CT molecular complexity index is 918. The van der Waals surface area contributed by atoms with Crippen molar-refractivity contribution in [3.05, 3.63) is 140 Å². The highest BCUT2D eigenvalue weighted by atomic mass is 79.9. The van der Waals surface area contributed by atoms with Crippen molar-refractivity contribution in [2.75, 3.05) is 0 Å². The third-order valence-electron chi connectivity index (χ3n) is 4.97. The Morgan fingerprint density at radius 2 is 0.667 bits per heavy atom.